The second-order valence-corrected chi connectivity index (χ2v) is 8.74. The van der Waals surface area contributed by atoms with Crippen LogP contribution in [0.4, 0.5) is 10.5 Å². The number of non-ortho nitro benzene ring substituents is 1. The van der Waals surface area contributed by atoms with Crippen molar-refractivity contribution in [2.75, 3.05) is 13.1 Å². The summed E-state index contributed by atoms with van der Waals surface area (Å²) in [5.74, 6) is -0.283. The van der Waals surface area contributed by atoms with Gasteiger partial charge in [-0.15, -0.1) is 5.10 Å². The molecule has 1 fully saturated rings. The molecule has 11 nitrogen and oxygen atoms in total. The molecule has 172 valence electrons. The molecule has 0 spiro atoms. The summed E-state index contributed by atoms with van der Waals surface area (Å²) in [4.78, 5) is 37.6. The minimum Gasteiger partial charge on any atom is -0.444 e. The normalized spacial score (nSPS) is 16.5. The van der Waals surface area contributed by atoms with Gasteiger partial charge in [0.05, 0.1) is 16.3 Å². The van der Waals surface area contributed by atoms with Gasteiger partial charge >= 0.3 is 6.09 Å². The summed E-state index contributed by atoms with van der Waals surface area (Å²) in [6, 6.07) is 5.80. The van der Waals surface area contributed by atoms with E-state index in [0.717, 1.165) is 19.3 Å². The van der Waals surface area contributed by atoms with E-state index in [0.29, 0.717) is 17.9 Å². The molecule has 1 aromatic carbocycles. The lowest BCUT2D eigenvalue weighted by molar-refractivity contribution is -0.384. The first-order chi connectivity index (χ1) is 15.1. The fourth-order valence-electron chi connectivity index (χ4n) is 3.64. The lowest BCUT2D eigenvalue weighted by Crippen LogP contribution is -2.50. The largest absolute Gasteiger partial charge is 0.444 e. The zero-order valence-electron chi connectivity index (χ0n) is 18.7. The van der Waals surface area contributed by atoms with Gasteiger partial charge in [-0.3, -0.25) is 14.9 Å². The van der Waals surface area contributed by atoms with Crippen LogP contribution >= 0.6 is 0 Å². The minimum absolute atomic E-state index is 0.0745. The van der Waals surface area contributed by atoms with Gasteiger partial charge in [-0.1, -0.05) is 11.3 Å². The van der Waals surface area contributed by atoms with Crippen LogP contribution in [-0.2, 0) is 4.74 Å². The van der Waals surface area contributed by atoms with Crippen molar-refractivity contribution in [1.29, 1.82) is 0 Å². The zero-order valence-corrected chi connectivity index (χ0v) is 18.7. The Hall–Kier alpha value is -3.50. The number of nitrogens with zero attached hydrogens (tertiary/aromatic N) is 5. The molecule has 2 heterocycles. The van der Waals surface area contributed by atoms with Crippen molar-refractivity contribution in [3.8, 4) is 5.69 Å². The number of carbonyl (C=O) groups is 2. The Balaban J connectivity index is 1.76. The molecule has 1 saturated heterocycles. The van der Waals surface area contributed by atoms with E-state index in [1.165, 1.54) is 16.8 Å². The lowest BCUT2D eigenvalue weighted by atomic mass is 10.0. The SMILES string of the molecule is Cc1c(C(=O)N2CCCCC2CNC(=O)OC(C)(C)C)nnn1-c1cccc([N+](=O)[O-])c1. The van der Waals surface area contributed by atoms with E-state index in [4.69, 9.17) is 4.74 Å². The van der Waals surface area contributed by atoms with Crippen molar-refractivity contribution in [2.24, 2.45) is 0 Å². The number of hydrogen-bond acceptors (Lipinski definition) is 7. The van der Waals surface area contributed by atoms with Gasteiger partial charge in [0.1, 0.15) is 5.60 Å². The number of carbonyl (C=O) groups excluding carboxylic acids is 2. The van der Waals surface area contributed by atoms with Crippen molar-refractivity contribution in [1.82, 2.24) is 25.2 Å². The van der Waals surface area contributed by atoms with Gasteiger partial charge in [0.2, 0.25) is 0 Å². The van der Waals surface area contributed by atoms with E-state index >= 15 is 0 Å². The number of ether oxygens (including phenoxy) is 1. The van der Waals surface area contributed by atoms with Crippen LogP contribution < -0.4 is 5.32 Å². The lowest BCUT2D eigenvalue weighted by Gasteiger charge is -2.35. The number of piperidine rings is 1. The van der Waals surface area contributed by atoms with Crippen LogP contribution in [-0.4, -0.2) is 61.5 Å². The summed E-state index contributed by atoms with van der Waals surface area (Å²) in [6.07, 6.45) is 2.03. The second-order valence-electron chi connectivity index (χ2n) is 8.74. The maximum absolute atomic E-state index is 13.3. The topological polar surface area (TPSA) is 132 Å². The molecule has 1 aliphatic rings. The predicted octanol–water partition coefficient (Wildman–Crippen LogP) is 3.00. The Morgan fingerprint density at radius 1 is 1.31 bits per heavy atom. The molecule has 3 rings (SSSR count). The Bertz CT molecular complexity index is 1010. The third-order valence-corrected chi connectivity index (χ3v) is 5.15. The molecule has 1 aliphatic heterocycles. The third kappa shape index (κ3) is 5.40. The van der Waals surface area contributed by atoms with E-state index in [-0.39, 0.29) is 29.9 Å². The van der Waals surface area contributed by atoms with E-state index in [1.807, 2.05) is 0 Å². The number of amides is 2. The molecule has 1 aromatic heterocycles. The average Bonchev–Trinajstić information content (AvgIpc) is 3.12. The Morgan fingerprint density at radius 3 is 2.75 bits per heavy atom. The highest BCUT2D eigenvalue weighted by atomic mass is 16.6. The zero-order chi connectivity index (χ0) is 23.5. The molecular formula is C21H28N6O5. The molecule has 2 aromatic rings. The summed E-state index contributed by atoms with van der Waals surface area (Å²) in [6.45, 7) is 7.88. The van der Waals surface area contributed by atoms with Gasteiger partial charge in [-0.25, -0.2) is 9.48 Å². The smallest absolute Gasteiger partial charge is 0.407 e. The number of nitrogens with one attached hydrogen (secondary N) is 1. The molecule has 32 heavy (non-hydrogen) atoms. The summed E-state index contributed by atoms with van der Waals surface area (Å²) < 4.78 is 6.69. The Morgan fingerprint density at radius 2 is 2.06 bits per heavy atom. The second kappa shape index (κ2) is 9.33. The first-order valence-corrected chi connectivity index (χ1v) is 10.5. The van der Waals surface area contributed by atoms with Gasteiger partial charge in [-0.05, 0) is 53.0 Å². The monoisotopic (exact) mass is 444 g/mol. The molecule has 0 aliphatic carbocycles. The highest BCUT2D eigenvalue weighted by Gasteiger charge is 2.31. The van der Waals surface area contributed by atoms with Gasteiger partial charge in [-0.2, -0.15) is 0 Å². The molecule has 0 saturated carbocycles. The summed E-state index contributed by atoms with van der Waals surface area (Å²) in [5, 5.41) is 21.9. The van der Waals surface area contributed by atoms with Crippen LogP contribution in [0.2, 0.25) is 0 Å². The molecule has 0 bridgehead atoms. The quantitative estimate of drug-likeness (QED) is 0.554. The van der Waals surface area contributed by atoms with Crippen molar-refractivity contribution in [2.45, 2.75) is 58.6 Å². The Labute approximate surface area is 185 Å². The van der Waals surface area contributed by atoms with Gasteiger partial charge in [0, 0.05) is 31.3 Å². The average molecular weight is 444 g/mol. The maximum atomic E-state index is 13.3. The number of nitro groups is 1. The van der Waals surface area contributed by atoms with Crippen LogP contribution in [0.1, 0.15) is 56.2 Å². The van der Waals surface area contributed by atoms with E-state index in [2.05, 4.69) is 15.6 Å². The van der Waals surface area contributed by atoms with E-state index in [9.17, 15) is 19.7 Å². The molecule has 1 atom stereocenters. The summed E-state index contributed by atoms with van der Waals surface area (Å²) >= 11 is 0. The van der Waals surface area contributed by atoms with E-state index in [1.54, 1.807) is 44.7 Å². The number of benzene rings is 1. The number of nitro benzene ring substituents is 1. The highest BCUT2D eigenvalue weighted by Crippen LogP contribution is 2.22. The first-order valence-electron chi connectivity index (χ1n) is 10.5. The standard InChI is InChI=1S/C21H28N6O5/c1-14-18(23-24-26(14)15-9-7-10-16(12-15)27(30)31)19(28)25-11-6-5-8-17(25)13-22-20(29)32-21(2,3)4/h7,9-10,12,17H,5-6,8,11,13H2,1-4H3,(H,22,29). The number of aromatic nitrogens is 3. The first kappa shape index (κ1) is 23.2. The molecule has 1 unspecified atom stereocenters. The number of hydrogen-bond donors (Lipinski definition) is 1. The number of likely N-dealkylation sites (tertiary alicyclic amines) is 1. The highest BCUT2D eigenvalue weighted by molar-refractivity contribution is 5.93. The number of alkyl carbamates (subject to hydrolysis) is 1. The van der Waals surface area contributed by atoms with Crippen molar-refractivity contribution in [3.63, 3.8) is 0 Å². The van der Waals surface area contributed by atoms with Crippen molar-refractivity contribution < 1.29 is 19.2 Å². The molecule has 0 radical (unpaired) electrons. The van der Waals surface area contributed by atoms with E-state index < -0.39 is 16.6 Å². The molecular weight excluding hydrogens is 416 g/mol. The van der Waals surface area contributed by atoms with Crippen molar-refractivity contribution >= 4 is 17.7 Å². The van der Waals surface area contributed by atoms with Gasteiger partial charge in [0.25, 0.3) is 11.6 Å². The summed E-state index contributed by atoms with van der Waals surface area (Å²) in [5.41, 5.74) is 0.439. The fraction of sp³-hybridized carbons (Fsp3) is 0.524. The predicted molar refractivity (Wildman–Crippen MR) is 116 cm³/mol. The van der Waals surface area contributed by atoms with Gasteiger partial charge in [0.15, 0.2) is 5.69 Å². The molecule has 11 heteroatoms. The fourth-order valence-corrected chi connectivity index (χ4v) is 3.64. The van der Waals surface area contributed by atoms with Crippen LogP contribution in [0.25, 0.3) is 5.69 Å². The van der Waals surface area contributed by atoms with Crippen molar-refractivity contribution in [3.05, 3.63) is 45.8 Å². The summed E-state index contributed by atoms with van der Waals surface area (Å²) in [7, 11) is 0. The molecule has 2 amide bonds. The Kier molecular flexibility index (Phi) is 6.75. The minimum atomic E-state index is -0.603. The van der Waals surface area contributed by atoms with Crippen LogP contribution in [0.3, 0.4) is 0 Å². The number of rotatable bonds is 5. The van der Waals surface area contributed by atoms with Crippen LogP contribution in [0.5, 0.6) is 0 Å². The third-order valence-electron chi connectivity index (χ3n) is 5.15. The molecule has 1 N–H and O–H groups in total. The van der Waals surface area contributed by atoms with Crippen LogP contribution in [0.15, 0.2) is 24.3 Å². The van der Waals surface area contributed by atoms with Gasteiger partial charge < -0.3 is 15.0 Å². The van der Waals surface area contributed by atoms with Crippen LogP contribution in [0, 0.1) is 17.0 Å². The maximum Gasteiger partial charge on any atom is 0.407 e.